The van der Waals surface area contributed by atoms with Gasteiger partial charge in [-0.2, -0.15) is 0 Å². The molecule has 3 aromatic heterocycles. The van der Waals surface area contributed by atoms with E-state index in [1.165, 1.54) is 0 Å². The van der Waals surface area contributed by atoms with E-state index < -0.39 is 6.10 Å². The van der Waals surface area contributed by atoms with Crippen molar-refractivity contribution in [3.8, 4) is 11.1 Å². The van der Waals surface area contributed by atoms with Gasteiger partial charge in [-0.3, -0.25) is 0 Å². The molecule has 4 rings (SSSR count). The number of pyridine rings is 1. The number of aryl methyl sites for hydroxylation is 3. The Hall–Kier alpha value is -2.63. The van der Waals surface area contributed by atoms with E-state index in [0.717, 1.165) is 51.3 Å². The van der Waals surface area contributed by atoms with E-state index in [1.54, 1.807) is 12.3 Å². The first-order chi connectivity index (χ1) is 13.0. The van der Waals surface area contributed by atoms with Crippen molar-refractivity contribution in [1.29, 1.82) is 0 Å². The molecule has 3 heterocycles. The molecule has 0 fully saturated rings. The van der Waals surface area contributed by atoms with Crippen LogP contribution in [0.4, 0.5) is 0 Å². The molecule has 0 spiro atoms. The fourth-order valence-electron chi connectivity index (χ4n) is 3.62. The van der Waals surface area contributed by atoms with Gasteiger partial charge in [0.2, 0.25) is 0 Å². The number of aliphatic hydroxyl groups excluding tert-OH is 1. The van der Waals surface area contributed by atoms with Crippen molar-refractivity contribution >= 4 is 22.6 Å². The number of nitrogens with one attached hydrogen (secondary N) is 1. The molecular weight excluding hydrogens is 362 g/mol. The Balaban J connectivity index is 1.94. The SMILES string of the molecule is CCc1[nH]c2ncc(-c3c(C)noc3C)cc2c1C(O)c1ccccc1Cl. The van der Waals surface area contributed by atoms with Crippen molar-refractivity contribution in [2.24, 2.45) is 0 Å². The van der Waals surface area contributed by atoms with Gasteiger partial charge in [0.05, 0.1) is 5.69 Å². The van der Waals surface area contributed by atoms with E-state index in [2.05, 4.69) is 15.1 Å². The van der Waals surface area contributed by atoms with E-state index in [1.807, 2.05) is 45.0 Å². The quantitative estimate of drug-likeness (QED) is 0.513. The maximum atomic E-state index is 11.1. The van der Waals surface area contributed by atoms with Crippen LogP contribution in [0, 0.1) is 13.8 Å². The number of fused-ring (bicyclic) bond motifs is 1. The first kappa shape index (κ1) is 17.8. The van der Waals surface area contributed by atoms with Crippen LogP contribution in [0.1, 0.15) is 41.3 Å². The van der Waals surface area contributed by atoms with Gasteiger partial charge in [-0.15, -0.1) is 0 Å². The van der Waals surface area contributed by atoms with Gasteiger partial charge >= 0.3 is 0 Å². The van der Waals surface area contributed by atoms with Gasteiger partial charge < -0.3 is 14.6 Å². The number of rotatable bonds is 4. The Labute approximate surface area is 162 Å². The van der Waals surface area contributed by atoms with Gasteiger partial charge in [0, 0.05) is 44.6 Å². The second-order valence-electron chi connectivity index (χ2n) is 6.61. The number of nitrogens with zero attached hydrogens (tertiary/aromatic N) is 2. The fourth-order valence-corrected chi connectivity index (χ4v) is 3.86. The molecule has 1 unspecified atom stereocenters. The van der Waals surface area contributed by atoms with Crippen LogP contribution in [0.15, 0.2) is 41.1 Å². The van der Waals surface area contributed by atoms with Crippen LogP contribution in [0.2, 0.25) is 5.02 Å². The molecule has 6 heteroatoms. The number of hydrogen-bond acceptors (Lipinski definition) is 4. The van der Waals surface area contributed by atoms with Crippen LogP contribution >= 0.6 is 11.6 Å². The lowest BCUT2D eigenvalue weighted by Gasteiger charge is -2.14. The average molecular weight is 382 g/mol. The summed E-state index contributed by atoms with van der Waals surface area (Å²) in [4.78, 5) is 7.91. The second kappa shape index (κ2) is 6.83. The van der Waals surface area contributed by atoms with Crippen LogP contribution < -0.4 is 0 Å². The molecule has 0 aliphatic heterocycles. The number of hydrogen-bond donors (Lipinski definition) is 2. The molecule has 0 aliphatic rings. The molecule has 0 amide bonds. The fraction of sp³-hybridized carbons (Fsp3) is 0.238. The van der Waals surface area contributed by atoms with E-state index in [4.69, 9.17) is 16.1 Å². The number of H-pyrrole nitrogens is 1. The summed E-state index contributed by atoms with van der Waals surface area (Å²) in [5, 5.41) is 16.6. The Bertz CT molecular complexity index is 1110. The number of halogens is 1. The lowest BCUT2D eigenvalue weighted by Crippen LogP contribution is -2.03. The first-order valence-electron chi connectivity index (χ1n) is 8.87. The summed E-state index contributed by atoms with van der Waals surface area (Å²) in [5.74, 6) is 0.744. The molecule has 4 aromatic rings. The van der Waals surface area contributed by atoms with E-state index in [9.17, 15) is 5.11 Å². The molecule has 2 N–H and O–H groups in total. The van der Waals surface area contributed by atoms with Crippen molar-refractivity contribution in [2.75, 3.05) is 0 Å². The minimum absolute atomic E-state index is 0.538. The largest absolute Gasteiger partial charge is 0.384 e. The molecule has 0 saturated heterocycles. The standard InChI is InChI=1S/C21H20ClN3O2/c1-4-17-19(20(26)14-7-5-6-8-16(14)22)15-9-13(10-23-21(15)24-17)18-11(2)25-27-12(18)3/h5-10,20,26H,4H2,1-3H3,(H,23,24). The third-order valence-corrected chi connectivity index (χ3v) is 5.27. The predicted molar refractivity (Wildman–Crippen MR) is 106 cm³/mol. The number of aliphatic hydroxyl groups is 1. The van der Waals surface area contributed by atoms with Gasteiger partial charge in [0.25, 0.3) is 0 Å². The molecular formula is C21H20ClN3O2. The zero-order valence-corrected chi connectivity index (χ0v) is 16.1. The maximum absolute atomic E-state index is 11.1. The smallest absolute Gasteiger partial charge is 0.141 e. The molecule has 0 radical (unpaired) electrons. The first-order valence-corrected chi connectivity index (χ1v) is 9.25. The number of aromatic amines is 1. The summed E-state index contributed by atoms with van der Waals surface area (Å²) < 4.78 is 5.30. The van der Waals surface area contributed by atoms with Crippen LogP contribution in [0.3, 0.4) is 0 Å². The van der Waals surface area contributed by atoms with Crippen LogP contribution in [-0.4, -0.2) is 20.2 Å². The molecule has 1 aromatic carbocycles. The molecule has 5 nitrogen and oxygen atoms in total. The van der Waals surface area contributed by atoms with Crippen molar-refractivity contribution in [3.63, 3.8) is 0 Å². The highest BCUT2D eigenvalue weighted by Crippen LogP contribution is 2.37. The van der Waals surface area contributed by atoms with Crippen molar-refractivity contribution in [3.05, 3.63) is 69.8 Å². The highest BCUT2D eigenvalue weighted by atomic mass is 35.5. The zero-order valence-electron chi connectivity index (χ0n) is 15.4. The van der Waals surface area contributed by atoms with Crippen LogP contribution in [-0.2, 0) is 6.42 Å². The van der Waals surface area contributed by atoms with Gasteiger partial charge in [-0.05, 0) is 32.4 Å². The van der Waals surface area contributed by atoms with Crippen molar-refractivity contribution in [2.45, 2.75) is 33.3 Å². The van der Waals surface area contributed by atoms with Crippen LogP contribution in [0.5, 0.6) is 0 Å². The lowest BCUT2D eigenvalue weighted by molar-refractivity contribution is 0.221. The number of aromatic nitrogens is 3. The van der Waals surface area contributed by atoms with Gasteiger partial charge in [0.15, 0.2) is 0 Å². The molecule has 0 bridgehead atoms. The van der Waals surface area contributed by atoms with E-state index >= 15 is 0 Å². The van der Waals surface area contributed by atoms with E-state index in [-0.39, 0.29) is 0 Å². The summed E-state index contributed by atoms with van der Waals surface area (Å²) >= 11 is 6.33. The van der Waals surface area contributed by atoms with Crippen molar-refractivity contribution in [1.82, 2.24) is 15.1 Å². The minimum Gasteiger partial charge on any atom is -0.384 e. The highest BCUT2D eigenvalue weighted by molar-refractivity contribution is 6.31. The summed E-state index contributed by atoms with van der Waals surface area (Å²) in [5.41, 5.74) is 5.83. The second-order valence-corrected chi connectivity index (χ2v) is 7.02. The van der Waals surface area contributed by atoms with Crippen molar-refractivity contribution < 1.29 is 9.63 Å². The topological polar surface area (TPSA) is 74.9 Å². The van der Waals surface area contributed by atoms with Gasteiger partial charge in [-0.25, -0.2) is 4.98 Å². The Kier molecular flexibility index (Phi) is 4.50. The predicted octanol–water partition coefficient (Wildman–Crippen LogP) is 5.13. The van der Waals surface area contributed by atoms with Gasteiger partial charge in [-0.1, -0.05) is 41.9 Å². The van der Waals surface area contributed by atoms with Crippen LogP contribution in [0.25, 0.3) is 22.2 Å². The summed E-state index contributed by atoms with van der Waals surface area (Å²) in [6.45, 7) is 5.83. The molecule has 0 aliphatic carbocycles. The lowest BCUT2D eigenvalue weighted by atomic mass is 9.96. The molecule has 0 saturated carbocycles. The molecule has 138 valence electrons. The number of benzene rings is 1. The third kappa shape index (κ3) is 2.93. The summed E-state index contributed by atoms with van der Waals surface area (Å²) in [6.07, 6.45) is 1.70. The maximum Gasteiger partial charge on any atom is 0.141 e. The highest BCUT2D eigenvalue weighted by Gasteiger charge is 2.23. The summed E-state index contributed by atoms with van der Waals surface area (Å²) in [6, 6.07) is 9.38. The molecule has 1 atom stereocenters. The minimum atomic E-state index is -0.843. The van der Waals surface area contributed by atoms with Gasteiger partial charge in [0.1, 0.15) is 17.5 Å². The summed E-state index contributed by atoms with van der Waals surface area (Å²) in [7, 11) is 0. The van der Waals surface area contributed by atoms with E-state index in [0.29, 0.717) is 10.6 Å². The Morgan fingerprint density at radius 1 is 1.26 bits per heavy atom. The molecule has 27 heavy (non-hydrogen) atoms. The monoisotopic (exact) mass is 381 g/mol. The zero-order chi connectivity index (χ0) is 19.1. The Morgan fingerprint density at radius 3 is 2.70 bits per heavy atom. The third-order valence-electron chi connectivity index (χ3n) is 4.92. The Morgan fingerprint density at radius 2 is 2.04 bits per heavy atom. The average Bonchev–Trinajstić information content (AvgIpc) is 3.20. The normalized spacial score (nSPS) is 12.6.